The van der Waals surface area contributed by atoms with Gasteiger partial charge in [0.1, 0.15) is 17.4 Å². The summed E-state index contributed by atoms with van der Waals surface area (Å²) in [6.07, 6.45) is 6.20. The molecular weight excluding hydrogens is 338 g/mol. The van der Waals surface area contributed by atoms with Gasteiger partial charge in [0, 0.05) is 17.9 Å². The maximum atomic E-state index is 12.3. The molecule has 0 heterocycles. The Kier molecular flexibility index (Phi) is 5.77. The molecule has 3 N–H and O–H groups in total. The number of fused-ring (bicyclic) bond motifs is 1. The highest BCUT2D eigenvalue weighted by Crippen LogP contribution is 2.24. The Hall–Kier alpha value is -3.26. The number of hydrogen-bond acceptors (Lipinski definition) is 4. The van der Waals surface area contributed by atoms with Crippen molar-refractivity contribution in [1.82, 2.24) is 5.32 Å². The van der Waals surface area contributed by atoms with Gasteiger partial charge in [-0.05, 0) is 73.6 Å². The molecule has 2 aromatic rings. The summed E-state index contributed by atoms with van der Waals surface area (Å²) >= 11 is 0. The SMILES string of the molecule is CC(N/C=C(/C#N)C(=O)Nc1ccc(O)cc1)c1ccc2c(c1)CCCC2. The molecule has 3 rings (SSSR count). The first-order chi connectivity index (χ1) is 13.1. The van der Waals surface area contributed by atoms with Gasteiger partial charge in [0.15, 0.2) is 0 Å². The number of aromatic hydroxyl groups is 1. The Morgan fingerprint density at radius 2 is 1.85 bits per heavy atom. The van der Waals surface area contributed by atoms with E-state index in [4.69, 9.17) is 0 Å². The summed E-state index contributed by atoms with van der Waals surface area (Å²) in [6.45, 7) is 2.01. The number of phenols is 1. The van der Waals surface area contributed by atoms with Crippen molar-refractivity contribution in [3.05, 3.63) is 70.9 Å². The van der Waals surface area contributed by atoms with Crippen LogP contribution in [0.5, 0.6) is 5.75 Å². The molecule has 0 aromatic heterocycles. The van der Waals surface area contributed by atoms with Gasteiger partial charge in [-0.2, -0.15) is 5.26 Å². The molecule has 2 aromatic carbocycles. The molecule has 1 aliphatic carbocycles. The fourth-order valence-corrected chi connectivity index (χ4v) is 3.22. The van der Waals surface area contributed by atoms with Crippen LogP contribution in [0.3, 0.4) is 0 Å². The lowest BCUT2D eigenvalue weighted by Gasteiger charge is -2.19. The van der Waals surface area contributed by atoms with Crippen molar-refractivity contribution in [2.75, 3.05) is 5.32 Å². The average molecular weight is 361 g/mol. The minimum atomic E-state index is -0.492. The number of nitriles is 1. The van der Waals surface area contributed by atoms with Crippen LogP contribution in [0.1, 0.15) is 42.5 Å². The van der Waals surface area contributed by atoms with E-state index in [1.54, 1.807) is 12.1 Å². The summed E-state index contributed by atoms with van der Waals surface area (Å²) in [7, 11) is 0. The summed E-state index contributed by atoms with van der Waals surface area (Å²) in [5, 5.41) is 24.4. The third kappa shape index (κ3) is 4.68. The molecular formula is C22H23N3O2. The highest BCUT2D eigenvalue weighted by Gasteiger charge is 2.13. The number of aryl methyl sites for hydroxylation is 2. The van der Waals surface area contributed by atoms with Crippen molar-refractivity contribution in [2.45, 2.75) is 38.6 Å². The monoisotopic (exact) mass is 361 g/mol. The van der Waals surface area contributed by atoms with Crippen LogP contribution in [0.15, 0.2) is 54.2 Å². The van der Waals surface area contributed by atoms with Crippen LogP contribution in [0, 0.1) is 11.3 Å². The minimum Gasteiger partial charge on any atom is -0.508 e. The quantitative estimate of drug-likeness (QED) is 0.427. The lowest BCUT2D eigenvalue weighted by atomic mass is 9.89. The van der Waals surface area contributed by atoms with Crippen LogP contribution in [0.4, 0.5) is 5.69 Å². The van der Waals surface area contributed by atoms with E-state index < -0.39 is 5.91 Å². The molecule has 0 saturated heterocycles. The van der Waals surface area contributed by atoms with E-state index in [0.29, 0.717) is 5.69 Å². The third-order valence-corrected chi connectivity index (χ3v) is 4.84. The van der Waals surface area contributed by atoms with Crippen LogP contribution in [0.25, 0.3) is 0 Å². The van der Waals surface area contributed by atoms with E-state index in [0.717, 1.165) is 18.4 Å². The third-order valence-electron chi connectivity index (χ3n) is 4.84. The first-order valence-electron chi connectivity index (χ1n) is 9.15. The van der Waals surface area contributed by atoms with Crippen molar-refractivity contribution >= 4 is 11.6 Å². The molecule has 1 amide bonds. The minimum absolute atomic E-state index is 0.00659. The van der Waals surface area contributed by atoms with Crippen LogP contribution in [-0.4, -0.2) is 11.0 Å². The number of carbonyl (C=O) groups excluding carboxylic acids is 1. The highest BCUT2D eigenvalue weighted by atomic mass is 16.3. The summed E-state index contributed by atoms with van der Waals surface area (Å²) in [6, 6.07) is 14.5. The first-order valence-corrected chi connectivity index (χ1v) is 9.15. The first kappa shape index (κ1) is 18.5. The molecule has 0 radical (unpaired) electrons. The van der Waals surface area contributed by atoms with E-state index >= 15 is 0 Å². The van der Waals surface area contributed by atoms with E-state index in [-0.39, 0.29) is 17.4 Å². The number of anilines is 1. The Labute approximate surface area is 159 Å². The molecule has 138 valence electrons. The Morgan fingerprint density at radius 3 is 2.56 bits per heavy atom. The maximum Gasteiger partial charge on any atom is 0.267 e. The summed E-state index contributed by atoms with van der Waals surface area (Å²) in [5.74, 6) is -0.377. The van der Waals surface area contributed by atoms with Crippen molar-refractivity contribution in [3.63, 3.8) is 0 Å². The second kappa shape index (κ2) is 8.41. The van der Waals surface area contributed by atoms with Gasteiger partial charge in [-0.25, -0.2) is 0 Å². The highest BCUT2D eigenvalue weighted by molar-refractivity contribution is 6.06. The lowest BCUT2D eigenvalue weighted by molar-refractivity contribution is -0.112. The van der Waals surface area contributed by atoms with E-state index in [1.807, 2.05) is 13.0 Å². The zero-order valence-corrected chi connectivity index (χ0v) is 15.3. The number of carbonyl (C=O) groups is 1. The Bertz CT molecular complexity index is 895. The van der Waals surface area contributed by atoms with Gasteiger partial charge in [-0.1, -0.05) is 18.2 Å². The van der Waals surface area contributed by atoms with Crippen molar-refractivity contribution in [1.29, 1.82) is 5.26 Å². The number of rotatable bonds is 5. The molecule has 5 heteroatoms. The summed E-state index contributed by atoms with van der Waals surface area (Å²) in [5.41, 5.74) is 4.48. The van der Waals surface area contributed by atoms with Crippen molar-refractivity contribution in [3.8, 4) is 11.8 Å². The van der Waals surface area contributed by atoms with Gasteiger partial charge in [0.05, 0.1) is 0 Å². The van der Waals surface area contributed by atoms with E-state index in [9.17, 15) is 15.2 Å². The molecule has 1 atom stereocenters. The van der Waals surface area contributed by atoms with Crippen LogP contribution in [0.2, 0.25) is 0 Å². The zero-order valence-electron chi connectivity index (χ0n) is 15.3. The Balaban J connectivity index is 1.66. The topological polar surface area (TPSA) is 85.2 Å². The largest absolute Gasteiger partial charge is 0.508 e. The van der Waals surface area contributed by atoms with Gasteiger partial charge >= 0.3 is 0 Å². The number of benzene rings is 2. The van der Waals surface area contributed by atoms with Gasteiger partial charge in [-0.15, -0.1) is 0 Å². The molecule has 0 bridgehead atoms. The molecule has 5 nitrogen and oxygen atoms in total. The van der Waals surface area contributed by atoms with Gasteiger partial charge in [0.25, 0.3) is 5.91 Å². The van der Waals surface area contributed by atoms with E-state index in [1.165, 1.54) is 42.3 Å². The van der Waals surface area contributed by atoms with Crippen molar-refractivity contribution < 1.29 is 9.90 Å². The standard InChI is InChI=1S/C22H23N3O2/c1-15(17-7-6-16-4-2-3-5-18(16)12-17)24-14-19(13-23)22(27)25-20-8-10-21(26)11-9-20/h6-12,14-15,24,26H,2-5H2,1H3,(H,25,27)/b19-14-. The molecule has 1 unspecified atom stereocenters. The Morgan fingerprint density at radius 1 is 1.15 bits per heavy atom. The zero-order chi connectivity index (χ0) is 19.2. The number of nitrogens with one attached hydrogen (secondary N) is 2. The molecule has 0 spiro atoms. The van der Waals surface area contributed by atoms with Gasteiger partial charge in [0.2, 0.25) is 0 Å². The van der Waals surface area contributed by atoms with Crippen molar-refractivity contribution in [2.24, 2.45) is 0 Å². The summed E-state index contributed by atoms with van der Waals surface area (Å²) in [4.78, 5) is 12.3. The molecule has 1 aliphatic rings. The normalized spacial score (nSPS) is 14.6. The lowest BCUT2D eigenvalue weighted by Crippen LogP contribution is -2.19. The van der Waals surface area contributed by atoms with E-state index in [2.05, 4.69) is 28.8 Å². The smallest absolute Gasteiger partial charge is 0.267 e. The molecule has 27 heavy (non-hydrogen) atoms. The fourth-order valence-electron chi connectivity index (χ4n) is 3.22. The average Bonchev–Trinajstić information content (AvgIpc) is 2.69. The molecule has 0 fully saturated rings. The van der Waals surface area contributed by atoms with Crippen LogP contribution in [-0.2, 0) is 17.6 Å². The van der Waals surface area contributed by atoms with Gasteiger partial charge < -0.3 is 15.7 Å². The fraction of sp³-hybridized carbons (Fsp3) is 0.273. The summed E-state index contributed by atoms with van der Waals surface area (Å²) < 4.78 is 0. The molecule has 0 saturated carbocycles. The predicted octanol–water partition coefficient (Wildman–Crippen LogP) is 3.97. The van der Waals surface area contributed by atoms with Crippen LogP contribution >= 0.6 is 0 Å². The number of amides is 1. The predicted molar refractivity (Wildman–Crippen MR) is 105 cm³/mol. The number of hydrogen-bond donors (Lipinski definition) is 3. The van der Waals surface area contributed by atoms with Gasteiger partial charge in [-0.3, -0.25) is 4.79 Å². The number of phenolic OH excluding ortho intramolecular Hbond substituents is 1. The maximum absolute atomic E-state index is 12.3. The number of nitrogens with zero attached hydrogens (tertiary/aromatic N) is 1. The molecule has 0 aliphatic heterocycles. The second-order valence-electron chi connectivity index (χ2n) is 6.79. The van der Waals surface area contributed by atoms with Crippen LogP contribution < -0.4 is 10.6 Å². The second-order valence-corrected chi connectivity index (χ2v) is 6.79.